The Morgan fingerprint density at radius 1 is 1.18 bits per heavy atom. The van der Waals surface area contributed by atoms with Gasteiger partial charge in [-0.3, -0.25) is 4.79 Å². The fourth-order valence-electron chi connectivity index (χ4n) is 2.82. The lowest BCUT2D eigenvalue weighted by atomic mass is 10.1. The minimum Gasteiger partial charge on any atom is -0.325 e. The normalized spacial score (nSPS) is 10.9. The molecule has 3 rings (SSSR count). The molecule has 0 aliphatic heterocycles. The molecule has 0 aliphatic rings. The summed E-state index contributed by atoms with van der Waals surface area (Å²) in [6.07, 6.45) is 0.930. The van der Waals surface area contributed by atoms with Crippen molar-refractivity contribution in [1.82, 2.24) is 14.8 Å². The smallest absolute Gasteiger partial charge is 0.234 e. The van der Waals surface area contributed by atoms with Crippen LogP contribution in [0.15, 0.2) is 47.6 Å². The molecule has 0 fully saturated rings. The average molecular weight is 399 g/mol. The van der Waals surface area contributed by atoms with E-state index in [2.05, 4.69) is 28.5 Å². The summed E-state index contributed by atoms with van der Waals surface area (Å²) in [6, 6.07) is 12.8. The molecule has 28 heavy (non-hydrogen) atoms. The number of aromatic nitrogens is 3. The second-order valence-electron chi connectivity index (χ2n) is 6.63. The molecule has 1 aromatic heterocycles. The highest BCUT2D eigenvalue weighted by atomic mass is 32.2. The first kappa shape index (κ1) is 20.1. The van der Waals surface area contributed by atoms with Gasteiger partial charge in [0.1, 0.15) is 5.82 Å². The van der Waals surface area contributed by atoms with Crippen LogP contribution in [0.1, 0.15) is 24.5 Å². The van der Waals surface area contributed by atoms with Crippen LogP contribution in [-0.4, -0.2) is 26.4 Å². The predicted octanol–water partition coefficient (Wildman–Crippen LogP) is 4.84. The van der Waals surface area contributed by atoms with E-state index in [0.717, 1.165) is 29.9 Å². The molecule has 0 saturated heterocycles. The molecular weight excluding hydrogens is 375 g/mol. The van der Waals surface area contributed by atoms with E-state index >= 15 is 0 Å². The van der Waals surface area contributed by atoms with Crippen LogP contribution < -0.4 is 5.32 Å². The molecule has 0 radical (unpaired) electrons. The summed E-state index contributed by atoms with van der Waals surface area (Å²) in [6.45, 7) is 6.58. The zero-order valence-electron chi connectivity index (χ0n) is 16.2. The van der Waals surface area contributed by atoms with Crippen molar-refractivity contribution in [2.75, 3.05) is 11.1 Å². The number of nitrogens with zero attached hydrogens (tertiary/aromatic N) is 3. The Kier molecular flexibility index (Phi) is 6.46. The van der Waals surface area contributed by atoms with Crippen LogP contribution in [0, 0.1) is 19.7 Å². The summed E-state index contributed by atoms with van der Waals surface area (Å²) in [7, 11) is 0. The van der Waals surface area contributed by atoms with Gasteiger partial charge >= 0.3 is 0 Å². The lowest BCUT2D eigenvalue weighted by Gasteiger charge is -2.10. The van der Waals surface area contributed by atoms with Crippen molar-refractivity contribution in [2.24, 2.45) is 0 Å². The van der Waals surface area contributed by atoms with Crippen molar-refractivity contribution >= 4 is 23.4 Å². The predicted molar refractivity (Wildman–Crippen MR) is 111 cm³/mol. The van der Waals surface area contributed by atoms with E-state index in [9.17, 15) is 9.18 Å². The van der Waals surface area contributed by atoms with Crippen LogP contribution in [-0.2, 0) is 11.3 Å². The molecule has 5 nitrogen and oxygen atoms in total. The monoisotopic (exact) mass is 398 g/mol. The molecule has 0 saturated carbocycles. The van der Waals surface area contributed by atoms with Gasteiger partial charge in [-0.15, -0.1) is 10.2 Å². The molecule has 0 bridgehead atoms. The molecule has 0 spiro atoms. The van der Waals surface area contributed by atoms with Crippen LogP contribution in [0.5, 0.6) is 0 Å². The number of halogens is 1. The van der Waals surface area contributed by atoms with Gasteiger partial charge in [0, 0.05) is 17.8 Å². The van der Waals surface area contributed by atoms with Gasteiger partial charge in [-0.1, -0.05) is 48.5 Å². The zero-order chi connectivity index (χ0) is 20.1. The van der Waals surface area contributed by atoms with Gasteiger partial charge in [-0.2, -0.15) is 0 Å². The molecule has 2 aromatic carbocycles. The molecule has 0 aliphatic carbocycles. The second kappa shape index (κ2) is 9.01. The van der Waals surface area contributed by atoms with Gasteiger partial charge in [0.05, 0.1) is 5.75 Å². The van der Waals surface area contributed by atoms with Crippen LogP contribution in [0.4, 0.5) is 10.1 Å². The number of amides is 1. The van der Waals surface area contributed by atoms with E-state index in [4.69, 9.17) is 0 Å². The van der Waals surface area contributed by atoms with Crippen molar-refractivity contribution in [2.45, 2.75) is 38.9 Å². The number of anilines is 1. The highest BCUT2D eigenvalue weighted by Crippen LogP contribution is 2.25. The van der Waals surface area contributed by atoms with E-state index in [1.165, 1.54) is 17.8 Å². The van der Waals surface area contributed by atoms with Crippen molar-refractivity contribution < 1.29 is 9.18 Å². The maximum absolute atomic E-state index is 13.6. The summed E-state index contributed by atoms with van der Waals surface area (Å²) in [5, 5.41) is 12.0. The molecule has 7 heteroatoms. The standard InChI is InChI=1S/C21H23FN4OS/c1-4-10-26-20(16-7-5-6-14(2)11-16)24-25-21(26)28-13-19(27)23-17-9-8-15(3)18(22)12-17/h5-9,11-12H,4,10,13H2,1-3H3,(H,23,27). The third-order valence-electron chi connectivity index (χ3n) is 4.23. The number of nitrogens with one attached hydrogen (secondary N) is 1. The Morgan fingerprint density at radius 2 is 2.00 bits per heavy atom. The van der Waals surface area contributed by atoms with Crippen molar-refractivity contribution in [3.8, 4) is 11.4 Å². The van der Waals surface area contributed by atoms with Crippen molar-refractivity contribution in [1.29, 1.82) is 0 Å². The summed E-state index contributed by atoms with van der Waals surface area (Å²) in [5.74, 6) is 0.423. The van der Waals surface area contributed by atoms with Gasteiger partial charge in [0.15, 0.2) is 11.0 Å². The first-order chi connectivity index (χ1) is 13.5. The van der Waals surface area contributed by atoms with Gasteiger partial charge < -0.3 is 9.88 Å². The summed E-state index contributed by atoms with van der Waals surface area (Å²) in [5.41, 5.74) is 3.16. The number of aryl methyl sites for hydroxylation is 2. The Balaban J connectivity index is 1.71. The summed E-state index contributed by atoms with van der Waals surface area (Å²) >= 11 is 1.32. The highest BCUT2D eigenvalue weighted by molar-refractivity contribution is 7.99. The first-order valence-corrected chi connectivity index (χ1v) is 10.2. The molecule has 0 atom stereocenters. The molecule has 3 aromatic rings. The SMILES string of the molecule is CCCn1c(SCC(=O)Nc2ccc(C)c(F)c2)nnc1-c1cccc(C)c1. The third-order valence-corrected chi connectivity index (χ3v) is 5.20. The molecule has 0 unspecified atom stereocenters. The van der Waals surface area contributed by atoms with E-state index < -0.39 is 0 Å². The number of rotatable bonds is 7. The lowest BCUT2D eigenvalue weighted by Crippen LogP contribution is -2.15. The number of hydrogen-bond donors (Lipinski definition) is 1. The number of benzene rings is 2. The molecule has 1 amide bonds. The number of carbonyl (C=O) groups is 1. The number of thioether (sulfide) groups is 1. The molecule has 1 N–H and O–H groups in total. The maximum atomic E-state index is 13.6. The Hall–Kier alpha value is -2.67. The zero-order valence-corrected chi connectivity index (χ0v) is 17.0. The minimum absolute atomic E-state index is 0.172. The highest BCUT2D eigenvalue weighted by Gasteiger charge is 2.15. The van der Waals surface area contributed by atoms with Crippen LogP contribution in [0.2, 0.25) is 0 Å². The topological polar surface area (TPSA) is 59.8 Å². The quantitative estimate of drug-likeness (QED) is 0.579. The molecule has 146 valence electrons. The third kappa shape index (κ3) is 4.78. The molecule has 1 heterocycles. The fraction of sp³-hybridized carbons (Fsp3) is 0.286. The number of carbonyl (C=O) groups excluding carboxylic acids is 1. The molecular formula is C21H23FN4OS. The number of hydrogen-bond acceptors (Lipinski definition) is 4. The Labute approximate surface area is 168 Å². The van der Waals surface area contributed by atoms with Gasteiger partial charge in [0.25, 0.3) is 0 Å². The Bertz CT molecular complexity index is 986. The Morgan fingerprint density at radius 3 is 2.71 bits per heavy atom. The lowest BCUT2D eigenvalue weighted by molar-refractivity contribution is -0.113. The van der Waals surface area contributed by atoms with Crippen LogP contribution in [0.3, 0.4) is 0 Å². The van der Waals surface area contributed by atoms with Crippen LogP contribution >= 0.6 is 11.8 Å². The van der Waals surface area contributed by atoms with Crippen LogP contribution in [0.25, 0.3) is 11.4 Å². The minimum atomic E-state index is -0.337. The average Bonchev–Trinajstić information content (AvgIpc) is 3.06. The summed E-state index contributed by atoms with van der Waals surface area (Å²) in [4.78, 5) is 12.3. The van der Waals surface area contributed by atoms with Crippen molar-refractivity contribution in [3.05, 3.63) is 59.4 Å². The van der Waals surface area contributed by atoms with E-state index in [1.807, 2.05) is 29.7 Å². The second-order valence-corrected chi connectivity index (χ2v) is 7.57. The summed E-state index contributed by atoms with van der Waals surface area (Å²) < 4.78 is 15.7. The maximum Gasteiger partial charge on any atom is 0.234 e. The van der Waals surface area contributed by atoms with E-state index in [0.29, 0.717) is 16.4 Å². The fourth-order valence-corrected chi connectivity index (χ4v) is 3.58. The van der Waals surface area contributed by atoms with E-state index in [1.54, 1.807) is 19.1 Å². The van der Waals surface area contributed by atoms with Gasteiger partial charge in [0.2, 0.25) is 5.91 Å². The largest absolute Gasteiger partial charge is 0.325 e. The van der Waals surface area contributed by atoms with Crippen molar-refractivity contribution in [3.63, 3.8) is 0 Å². The first-order valence-electron chi connectivity index (χ1n) is 9.17. The van der Waals surface area contributed by atoms with Gasteiger partial charge in [-0.25, -0.2) is 4.39 Å². The van der Waals surface area contributed by atoms with Gasteiger partial charge in [-0.05, 0) is 44.0 Å². The van der Waals surface area contributed by atoms with E-state index in [-0.39, 0.29) is 17.5 Å².